The molecule has 1 heterocycles. The summed E-state index contributed by atoms with van der Waals surface area (Å²) < 4.78 is 5.84. The molecule has 142 valence electrons. The lowest BCUT2D eigenvalue weighted by Crippen LogP contribution is -2.43. The first-order chi connectivity index (χ1) is 11.5. The highest BCUT2D eigenvalue weighted by Gasteiger charge is 2.22. The number of nitrogens with zero attached hydrogens (tertiary/aromatic N) is 2. The fourth-order valence-electron chi connectivity index (χ4n) is 1.96. The maximum atomic E-state index is 5.66. The molecule has 5 nitrogen and oxygen atoms in total. The summed E-state index contributed by atoms with van der Waals surface area (Å²) in [5.41, 5.74) is 1.08. The van der Waals surface area contributed by atoms with Crippen LogP contribution in [0.15, 0.2) is 23.3 Å². The normalized spacial score (nSPS) is 14.6. The van der Waals surface area contributed by atoms with Gasteiger partial charge in [0, 0.05) is 30.1 Å². The molecule has 2 N–H and O–H groups in total. The molecule has 0 aliphatic heterocycles. The lowest BCUT2D eigenvalue weighted by Gasteiger charge is -2.23. The predicted molar refractivity (Wildman–Crippen MR) is 118 cm³/mol. The van der Waals surface area contributed by atoms with E-state index in [2.05, 4.69) is 47.6 Å². The van der Waals surface area contributed by atoms with Crippen LogP contribution in [0.1, 0.15) is 39.2 Å². The van der Waals surface area contributed by atoms with Crippen LogP contribution in [0.3, 0.4) is 0 Å². The third-order valence-corrected chi connectivity index (χ3v) is 5.21. The molecular weight excluding hydrogens is 447 g/mol. The van der Waals surface area contributed by atoms with Gasteiger partial charge in [0.2, 0.25) is 5.88 Å². The van der Waals surface area contributed by atoms with Gasteiger partial charge in [0.05, 0.1) is 13.2 Å². The molecule has 0 atom stereocenters. The van der Waals surface area contributed by atoms with Crippen molar-refractivity contribution in [1.82, 2.24) is 15.6 Å². The Labute approximate surface area is 173 Å². The summed E-state index contributed by atoms with van der Waals surface area (Å²) in [4.78, 5) is 9.00. The lowest BCUT2D eigenvalue weighted by atomic mass is 10.2. The smallest absolute Gasteiger partial charge is 0.213 e. The quantitative estimate of drug-likeness (QED) is 0.322. The molecule has 0 unspecified atom stereocenters. The fraction of sp³-hybridized carbons (Fsp3) is 0.667. The largest absolute Gasteiger partial charge is 0.477 e. The van der Waals surface area contributed by atoms with Crippen LogP contribution in [0.4, 0.5) is 0 Å². The summed E-state index contributed by atoms with van der Waals surface area (Å²) in [7, 11) is 0. The molecule has 0 saturated heterocycles. The number of halogens is 1. The van der Waals surface area contributed by atoms with Crippen molar-refractivity contribution in [3.05, 3.63) is 23.9 Å². The molecule has 1 aliphatic carbocycles. The maximum Gasteiger partial charge on any atom is 0.213 e. The van der Waals surface area contributed by atoms with E-state index in [0.29, 0.717) is 12.4 Å². The first kappa shape index (κ1) is 22.3. The number of aromatic nitrogens is 1. The van der Waals surface area contributed by atoms with Crippen molar-refractivity contribution in [2.45, 2.75) is 44.9 Å². The standard InChI is InChI=1S/C18H30N4OS.HI/c1-5-19-17(22-13-18(2,3)24-4)21-11-15-8-9-16(20-10-15)23-12-14-6-7-14;/h8-10,14H,5-7,11-13H2,1-4H3,(H2,19,21,22);1H. The highest BCUT2D eigenvalue weighted by molar-refractivity contribution is 14.0. The molecule has 1 aromatic heterocycles. The summed E-state index contributed by atoms with van der Waals surface area (Å²) in [6.07, 6.45) is 6.56. The minimum atomic E-state index is 0. The average Bonchev–Trinajstić information content (AvgIpc) is 3.41. The maximum absolute atomic E-state index is 5.66. The number of pyridine rings is 1. The molecule has 1 aliphatic rings. The number of ether oxygens (including phenoxy) is 1. The molecule has 2 rings (SSSR count). The summed E-state index contributed by atoms with van der Waals surface area (Å²) in [6.45, 7) is 9.63. The molecule has 0 spiro atoms. The van der Waals surface area contributed by atoms with Gasteiger partial charge in [0.1, 0.15) is 0 Å². The van der Waals surface area contributed by atoms with Crippen LogP contribution in [0, 0.1) is 5.92 Å². The zero-order chi connectivity index (χ0) is 17.4. The van der Waals surface area contributed by atoms with E-state index < -0.39 is 0 Å². The van der Waals surface area contributed by atoms with Crippen LogP contribution < -0.4 is 15.4 Å². The Morgan fingerprint density at radius 3 is 2.68 bits per heavy atom. The second kappa shape index (κ2) is 11.1. The topological polar surface area (TPSA) is 58.5 Å². The molecule has 0 amide bonds. The van der Waals surface area contributed by atoms with E-state index in [0.717, 1.165) is 37.1 Å². The van der Waals surface area contributed by atoms with E-state index in [4.69, 9.17) is 4.74 Å². The zero-order valence-corrected chi connectivity index (χ0v) is 18.8. The van der Waals surface area contributed by atoms with Gasteiger partial charge in [-0.1, -0.05) is 6.07 Å². The van der Waals surface area contributed by atoms with Gasteiger partial charge in [-0.2, -0.15) is 11.8 Å². The van der Waals surface area contributed by atoms with Gasteiger partial charge in [-0.15, -0.1) is 24.0 Å². The number of aliphatic imine (C=N–C) groups is 1. The summed E-state index contributed by atoms with van der Waals surface area (Å²) in [6, 6.07) is 3.97. The number of hydrogen-bond donors (Lipinski definition) is 2. The van der Waals surface area contributed by atoms with Crippen LogP contribution >= 0.6 is 35.7 Å². The Morgan fingerprint density at radius 2 is 2.12 bits per heavy atom. The Kier molecular flexibility index (Phi) is 9.92. The van der Waals surface area contributed by atoms with E-state index in [1.807, 2.05) is 30.1 Å². The SMILES string of the molecule is CCNC(=NCc1ccc(OCC2CC2)nc1)NCC(C)(C)SC.I. The van der Waals surface area contributed by atoms with Crippen LogP contribution in [0.5, 0.6) is 5.88 Å². The van der Waals surface area contributed by atoms with Gasteiger partial charge in [-0.3, -0.25) is 0 Å². The second-order valence-electron chi connectivity index (χ2n) is 6.77. The lowest BCUT2D eigenvalue weighted by molar-refractivity contribution is 0.288. The minimum absolute atomic E-state index is 0. The molecule has 25 heavy (non-hydrogen) atoms. The first-order valence-corrected chi connectivity index (χ1v) is 9.90. The van der Waals surface area contributed by atoms with E-state index in [-0.39, 0.29) is 28.7 Å². The highest BCUT2D eigenvalue weighted by Crippen LogP contribution is 2.29. The third kappa shape index (κ3) is 8.99. The summed E-state index contributed by atoms with van der Waals surface area (Å²) >= 11 is 1.85. The van der Waals surface area contributed by atoms with Crippen molar-refractivity contribution >= 4 is 41.7 Å². The van der Waals surface area contributed by atoms with Crippen molar-refractivity contribution < 1.29 is 4.74 Å². The van der Waals surface area contributed by atoms with Gasteiger partial charge < -0.3 is 15.4 Å². The number of rotatable bonds is 9. The van der Waals surface area contributed by atoms with Gasteiger partial charge in [0.25, 0.3) is 0 Å². The van der Waals surface area contributed by atoms with Crippen LogP contribution in [-0.4, -0.2) is 41.6 Å². The summed E-state index contributed by atoms with van der Waals surface area (Å²) in [5, 5.41) is 6.69. The van der Waals surface area contributed by atoms with Gasteiger partial charge in [-0.05, 0) is 51.3 Å². The van der Waals surface area contributed by atoms with E-state index in [1.54, 1.807) is 0 Å². The Bertz CT molecular complexity index is 532. The Hall–Kier alpha value is -0.700. The molecular formula is C18H31IN4OS. The number of hydrogen-bond acceptors (Lipinski definition) is 4. The van der Waals surface area contributed by atoms with Crippen LogP contribution in [0.2, 0.25) is 0 Å². The first-order valence-electron chi connectivity index (χ1n) is 8.67. The molecule has 0 bridgehead atoms. The van der Waals surface area contributed by atoms with Crippen LogP contribution in [-0.2, 0) is 6.54 Å². The fourth-order valence-corrected chi connectivity index (χ4v) is 2.17. The van der Waals surface area contributed by atoms with Crippen molar-refractivity contribution in [2.75, 3.05) is 26.0 Å². The van der Waals surface area contributed by atoms with E-state index in [1.165, 1.54) is 12.8 Å². The zero-order valence-electron chi connectivity index (χ0n) is 15.7. The molecule has 1 fully saturated rings. The number of guanidine groups is 1. The Balaban J connectivity index is 0.00000312. The predicted octanol–water partition coefficient (Wildman–Crippen LogP) is 3.69. The van der Waals surface area contributed by atoms with Crippen molar-refractivity contribution in [1.29, 1.82) is 0 Å². The van der Waals surface area contributed by atoms with Gasteiger partial charge in [-0.25, -0.2) is 9.98 Å². The molecule has 1 saturated carbocycles. The molecule has 7 heteroatoms. The summed E-state index contributed by atoms with van der Waals surface area (Å²) in [5.74, 6) is 2.30. The van der Waals surface area contributed by atoms with Gasteiger partial charge >= 0.3 is 0 Å². The second-order valence-corrected chi connectivity index (χ2v) is 8.29. The monoisotopic (exact) mass is 478 g/mol. The van der Waals surface area contributed by atoms with E-state index in [9.17, 15) is 0 Å². The highest BCUT2D eigenvalue weighted by atomic mass is 127. The number of nitrogens with one attached hydrogen (secondary N) is 2. The molecule has 0 aromatic carbocycles. The van der Waals surface area contributed by atoms with Crippen LogP contribution in [0.25, 0.3) is 0 Å². The minimum Gasteiger partial charge on any atom is -0.477 e. The van der Waals surface area contributed by atoms with Crippen molar-refractivity contribution in [3.63, 3.8) is 0 Å². The molecule has 0 radical (unpaired) electrons. The average molecular weight is 478 g/mol. The Morgan fingerprint density at radius 1 is 1.36 bits per heavy atom. The molecule has 1 aromatic rings. The number of thioether (sulfide) groups is 1. The van der Waals surface area contributed by atoms with E-state index >= 15 is 0 Å². The van der Waals surface area contributed by atoms with Crippen molar-refractivity contribution in [2.24, 2.45) is 10.9 Å². The van der Waals surface area contributed by atoms with Gasteiger partial charge in [0.15, 0.2) is 5.96 Å². The van der Waals surface area contributed by atoms with Crippen molar-refractivity contribution in [3.8, 4) is 5.88 Å². The third-order valence-electron chi connectivity index (χ3n) is 3.96.